The zero-order chi connectivity index (χ0) is 21.3. The minimum Gasteiger partial charge on any atom is -0.486 e. The number of rotatable bonds is 2. The summed E-state index contributed by atoms with van der Waals surface area (Å²) in [4.78, 5) is 27.4. The molecule has 2 aliphatic rings. The zero-order valence-corrected chi connectivity index (χ0v) is 17.3. The van der Waals surface area contributed by atoms with E-state index in [0.29, 0.717) is 43.7 Å². The van der Waals surface area contributed by atoms with Crippen molar-refractivity contribution in [3.8, 4) is 11.8 Å². The van der Waals surface area contributed by atoms with E-state index in [9.17, 15) is 14.9 Å². The van der Waals surface area contributed by atoms with Crippen molar-refractivity contribution in [2.45, 2.75) is 38.7 Å². The molecule has 5 nitrogen and oxygen atoms in total. The Morgan fingerprint density at radius 1 is 1.17 bits per heavy atom. The number of amides is 1. The summed E-state index contributed by atoms with van der Waals surface area (Å²) >= 11 is 0. The van der Waals surface area contributed by atoms with Gasteiger partial charge in [-0.25, -0.2) is 0 Å². The van der Waals surface area contributed by atoms with Gasteiger partial charge >= 0.3 is 0 Å². The molecule has 2 aromatic rings. The van der Waals surface area contributed by atoms with E-state index < -0.39 is 5.60 Å². The third-order valence-corrected chi connectivity index (χ3v) is 5.94. The van der Waals surface area contributed by atoms with Crippen LogP contribution in [-0.2, 0) is 4.79 Å². The second kappa shape index (κ2) is 7.79. The van der Waals surface area contributed by atoms with Crippen LogP contribution in [0.3, 0.4) is 0 Å². The summed E-state index contributed by atoms with van der Waals surface area (Å²) in [6.45, 7) is 4.86. The van der Waals surface area contributed by atoms with Gasteiger partial charge in [-0.2, -0.15) is 5.26 Å². The first-order chi connectivity index (χ1) is 14.4. The second-order valence-corrected chi connectivity index (χ2v) is 8.22. The Kier molecular flexibility index (Phi) is 5.17. The molecule has 4 rings (SSSR count). The van der Waals surface area contributed by atoms with Crippen LogP contribution in [0.25, 0.3) is 6.08 Å². The minimum absolute atomic E-state index is 0.101. The Balaban J connectivity index is 1.50. The third kappa shape index (κ3) is 3.73. The molecule has 1 fully saturated rings. The lowest BCUT2D eigenvalue weighted by molar-refractivity contribution is -0.130. The first-order valence-corrected chi connectivity index (χ1v) is 10.2. The smallest absolute Gasteiger partial charge is 0.264 e. The first kappa shape index (κ1) is 19.9. The molecule has 0 bridgehead atoms. The van der Waals surface area contributed by atoms with Crippen LogP contribution in [0.1, 0.15) is 46.3 Å². The molecule has 1 amide bonds. The molecule has 0 aromatic heterocycles. The van der Waals surface area contributed by atoms with E-state index in [4.69, 9.17) is 4.74 Å². The highest BCUT2D eigenvalue weighted by Gasteiger charge is 2.44. The molecule has 1 saturated heterocycles. The van der Waals surface area contributed by atoms with Gasteiger partial charge in [-0.05, 0) is 42.7 Å². The van der Waals surface area contributed by atoms with Crippen LogP contribution >= 0.6 is 0 Å². The summed E-state index contributed by atoms with van der Waals surface area (Å²) in [6.07, 6.45) is 3.09. The molecule has 2 aliphatic heterocycles. The summed E-state index contributed by atoms with van der Waals surface area (Å²) < 4.78 is 6.39. The van der Waals surface area contributed by atoms with Crippen molar-refractivity contribution < 1.29 is 14.3 Å². The molecule has 152 valence electrons. The zero-order valence-electron chi connectivity index (χ0n) is 17.3. The van der Waals surface area contributed by atoms with Crippen molar-refractivity contribution in [1.29, 1.82) is 5.26 Å². The van der Waals surface area contributed by atoms with E-state index in [1.54, 1.807) is 11.0 Å². The number of ether oxygens (including phenoxy) is 1. The van der Waals surface area contributed by atoms with Crippen LogP contribution in [0.5, 0.6) is 5.75 Å². The summed E-state index contributed by atoms with van der Waals surface area (Å²) in [7, 11) is 0. The highest BCUT2D eigenvalue weighted by molar-refractivity contribution is 6.02. The molecule has 0 aliphatic carbocycles. The van der Waals surface area contributed by atoms with E-state index in [1.165, 1.54) is 0 Å². The average Bonchev–Trinajstić information content (AvgIpc) is 2.74. The molecule has 2 heterocycles. The molecule has 30 heavy (non-hydrogen) atoms. The fourth-order valence-corrected chi connectivity index (χ4v) is 4.36. The maximum Gasteiger partial charge on any atom is 0.264 e. The molecule has 5 heteroatoms. The minimum atomic E-state index is -0.573. The number of piperidine rings is 1. The molecule has 2 aromatic carbocycles. The summed E-state index contributed by atoms with van der Waals surface area (Å²) in [5.41, 5.74) is 3.04. The van der Waals surface area contributed by atoms with Crippen LogP contribution < -0.4 is 4.74 Å². The van der Waals surface area contributed by atoms with E-state index in [-0.39, 0.29) is 17.3 Å². The Bertz CT molecular complexity index is 1070. The van der Waals surface area contributed by atoms with Crippen molar-refractivity contribution in [3.63, 3.8) is 0 Å². The van der Waals surface area contributed by atoms with Gasteiger partial charge < -0.3 is 9.64 Å². The van der Waals surface area contributed by atoms with Crippen molar-refractivity contribution in [2.24, 2.45) is 0 Å². The number of hydrogen-bond donors (Lipinski definition) is 0. The molecule has 0 atom stereocenters. The van der Waals surface area contributed by atoms with Gasteiger partial charge in [0.2, 0.25) is 0 Å². The van der Waals surface area contributed by atoms with Gasteiger partial charge in [0.15, 0.2) is 5.78 Å². The van der Waals surface area contributed by atoms with Crippen molar-refractivity contribution >= 4 is 17.8 Å². The maximum atomic E-state index is 12.9. The van der Waals surface area contributed by atoms with Gasteiger partial charge in [-0.1, -0.05) is 36.4 Å². The fourth-order valence-electron chi connectivity index (χ4n) is 4.36. The normalized spacial score (nSPS) is 17.8. The van der Waals surface area contributed by atoms with Crippen molar-refractivity contribution in [1.82, 2.24) is 4.90 Å². The first-order valence-electron chi connectivity index (χ1n) is 10.2. The van der Waals surface area contributed by atoms with Gasteiger partial charge in [-0.3, -0.25) is 9.59 Å². The number of Topliss-reactive ketones (excluding diaryl/α,β-unsaturated/α-hetero) is 1. The highest BCUT2D eigenvalue weighted by Crippen LogP contribution is 2.41. The number of fused-ring (bicyclic) bond motifs is 1. The van der Waals surface area contributed by atoms with Crippen LogP contribution in [0.15, 0.2) is 48.0 Å². The van der Waals surface area contributed by atoms with Crippen molar-refractivity contribution in [2.75, 3.05) is 13.1 Å². The van der Waals surface area contributed by atoms with Gasteiger partial charge in [0.1, 0.15) is 23.0 Å². The summed E-state index contributed by atoms with van der Waals surface area (Å²) in [5, 5.41) is 9.49. The topological polar surface area (TPSA) is 70.4 Å². The number of carbonyl (C=O) groups excluding carboxylic acids is 2. The lowest BCUT2D eigenvalue weighted by Crippen LogP contribution is -2.52. The van der Waals surface area contributed by atoms with Gasteiger partial charge in [0.25, 0.3) is 5.91 Å². The second-order valence-electron chi connectivity index (χ2n) is 8.22. The summed E-state index contributed by atoms with van der Waals surface area (Å²) in [5.74, 6) is 0.508. The van der Waals surface area contributed by atoms with Crippen LogP contribution in [-0.4, -0.2) is 35.3 Å². The molecule has 1 spiro atoms. The van der Waals surface area contributed by atoms with Crippen molar-refractivity contribution in [3.05, 3.63) is 70.3 Å². The SMILES string of the molecule is Cc1cc(C)c2c(c1)C(=O)CC1(CCN(C(=O)/C(C#N)=C/c3ccccc3)CC1)O2. The lowest BCUT2D eigenvalue weighted by Gasteiger charge is -2.44. The Hall–Kier alpha value is -3.39. The third-order valence-electron chi connectivity index (χ3n) is 5.94. The number of ketones is 1. The fraction of sp³-hybridized carbons (Fsp3) is 0.320. The number of nitrogens with zero attached hydrogens (tertiary/aromatic N) is 2. The molecule has 0 radical (unpaired) electrons. The average molecular weight is 400 g/mol. The number of hydrogen-bond acceptors (Lipinski definition) is 4. The molecular formula is C25H24N2O3. The van der Waals surface area contributed by atoms with Crippen LogP contribution in [0, 0.1) is 25.2 Å². The number of likely N-dealkylation sites (tertiary alicyclic amines) is 1. The van der Waals surface area contributed by atoms with E-state index in [0.717, 1.165) is 16.7 Å². The van der Waals surface area contributed by atoms with Gasteiger partial charge in [-0.15, -0.1) is 0 Å². The molecule has 0 N–H and O–H groups in total. The standard InChI is InChI=1S/C25H24N2O3/c1-17-12-18(2)23-21(13-17)22(28)15-25(30-23)8-10-27(11-9-25)24(29)20(16-26)14-19-6-4-3-5-7-19/h3-7,12-14H,8-11,15H2,1-2H3/b20-14+. The lowest BCUT2D eigenvalue weighted by atomic mass is 9.81. The molecule has 0 saturated carbocycles. The largest absolute Gasteiger partial charge is 0.486 e. The highest BCUT2D eigenvalue weighted by atomic mass is 16.5. The quantitative estimate of drug-likeness (QED) is 0.559. The number of carbonyl (C=O) groups is 2. The number of aryl methyl sites for hydroxylation is 2. The Morgan fingerprint density at radius 2 is 1.87 bits per heavy atom. The Labute approximate surface area is 176 Å². The maximum absolute atomic E-state index is 12.9. The van der Waals surface area contributed by atoms with Crippen LogP contribution in [0.4, 0.5) is 0 Å². The molecular weight excluding hydrogens is 376 g/mol. The number of nitriles is 1. The van der Waals surface area contributed by atoms with E-state index in [2.05, 4.69) is 0 Å². The monoisotopic (exact) mass is 400 g/mol. The van der Waals surface area contributed by atoms with E-state index >= 15 is 0 Å². The van der Waals surface area contributed by atoms with Gasteiger partial charge in [0.05, 0.1) is 12.0 Å². The molecule has 0 unspecified atom stereocenters. The van der Waals surface area contributed by atoms with E-state index in [1.807, 2.05) is 62.4 Å². The van der Waals surface area contributed by atoms with Crippen LogP contribution in [0.2, 0.25) is 0 Å². The van der Waals surface area contributed by atoms with Gasteiger partial charge in [0, 0.05) is 25.9 Å². The number of benzene rings is 2. The predicted molar refractivity (Wildman–Crippen MR) is 114 cm³/mol. The Morgan fingerprint density at radius 3 is 2.53 bits per heavy atom. The predicted octanol–water partition coefficient (Wildman–Crippen LogP) is 4.24. The summed E-state index contributed by atoms with van der Waals surface area (Å²) in [6, 6.07) is 15.3.